The van der Waals surface area contributed by atoms with Gasteiger partial charge in [0.1, 0.15) is 11.8 Å². The number of pyridine rings is 1. The van der Waals surface area contributed by atoms with Crippen LogP contribution in [-0.2, 0) is 4.74 Å². The Morgan fingerprint density at radius 2 is 1.82 bits per heavy atom. The number of aromatic nitrogens is 3. The smallest absolute Gasteiger partial charge is 0.373 e. The number of hydrogen-bond donors (Lipinski definition) is 1. The van der Waals surface area contributed by atoms with Crippen molar-refractivity contribution in [2.45, 2.75) is 13.8 Å². The minimum absolute atomic E-state index is 0.0571. The molecule has 0 saturated heterocycles. The zero-order chi connectivity index (χ0) is 24.1. The molecular weight excluding hydrogens is 438 g/mol. The summed E-state index contributed by atoms with van der Waals surface area (Å²) in [4.78, 5) is 35.7. The number of para-hydroxylation sites is 1. The molecule has 10 heteroatoms. The summed E-state index contributed by atoms with van der Waals surface area (Å²) in [5.74, 6) is -0.167. The molecule has 0 amide bonds. The highest BCUT2D eigenvalue weighted by atomic mass is 16.6. The third-order valence-corrected chi connectivity index (χ3v) is 4.70. The fourth-order valence-electron chi connectivity index (χ4n) is 3.11. The number of anilines is 2. The number of ether oxygens (including phenoxy) is 2. The number of carbonyl (C=O) groups excluding carboxylic acids is 1. The second-order valence-corrected chi connectivity index (χ2v) is 7.76. The van der Waals surface area contributed by atoms with Gasteiger partial charge in [-0.2, -0.15) is 4.98 Å². The molecule has 0 aliphatic carbocycles. The number of rotatable bonds is 8. The molecule has 0 bridgehead atoms. The molecule has 0 aliphatic heterocycles. The number of nitrogens with zero attached hydrogens (tertiary/aromatic N) is 4. The van der Waals surface area contributed by atoms with Crippen LogP contribution in [0.4, 0.5) is 17.2 Å². The molecule has 4 aromatic rings. The standard InChI is InChI=1S/C24H21N5O5/c1-15(2)13-33-24(30)17-8-10-18(11-9-17)28-22-21(29(31)32)23(27-14-26-22)34-19-7-3-5-16-6-4-12-25-20(16)19/h3-12,14-15H,13H2,1-2H3,(H,26,27,28). The average Bonchev–Trinajstić information content (AvgIpc) is 2.83. The van der Waals surface area contributed by atoms with Crippen LogP contribution in [0, 0.1) is 16.0 Å². The summed E-state index contributed by atoms with van der Waals surface area (Å²) in [5, 5.41) is 15.6. The molecule has 34 heavy (non-hydrogen) atoms. The normalized spacial score (nSPS) is 10.8. The van der Waals surface area contributed by atoms with E-state index in [1.54, 1.807) is 48.7 Å². The molecule has 2 heterocycles. The lowest BCUT2D eigenvalue weighted by atomic mass is 10.2. The van der Waals surface area contributed by atoms with Crippen LogP contribution in [0.25, 0.3) is 10.9 Å². The first-order chi connectivity index (χ1) is 16.4. The molecule has 0 spiro atoms. The van der Waals surface area contributed by atoms with Crippen LogP contribution in [0.15, 0.2) is 67.1 Å². The van der Waals surface area contributed by atoms with E-state index in [2.05, 4.69) is 20.3 Å². The lowest BCUT2D eigenvalue weighted by Gasteiger charge is -2.11. The molecule has 10 nitrogen and oxygen atoms in total. The Bertz CT molecular complexity index is 1340. The summed E-state index contributed by atoms with van der Waals surface area (Å²) in [6.07, 6.45) is 2.78. The topological polar surface area (TPSA) is 129 Å². The van der Waals surface area contributed by atoms with Crippen molar-refractivity contribution >= 4 is 34.1 Å². The Hall–Kier alpha value is -4.60. The van der Waals surface area contributed by atoms with Crippen LogP contribution in [0.5, 0.6) is 11.6 Å². The SMILES string of the molecule is CC(C)COC(=O)c1ccc(Nc2ncnc(Oc3cccc4cccnc34)c2[N+](=O)[O-])cc1. The fourth-order valence-corrected chi connectivity index (χ4v) is 3.11. The molecule has 2 aromatic carbocycles. The van der Waals surface area contributed by atoms with Gasteiger partial charge in [0.05, 0.1) is 17.1 Å². The molecule has 1 N–H and O–H groups in total. The minimum atomic E-state index is -0.617. The van der Waals surface area contributed by atoms with Crippen molar-refractivity contribution in [3.05, 3.63) is 82.8 Å². The van der Waals surface area contributed by atoms with E-state index in [-0.39, 0.29) is 17.6 Å². The molecule has 172 valence electrons. The van der Waals surface area contributed by atoms with Crippen molar-refractivity contribution < 1.29 is 19.2 Å². The first kappa shape index (κ1) is 22.6. The average molecular weight is 459 g/mol. The van der Waals surface area contributed by atoms with E-state index in [4.69, 9.17) is 9.47 Å². The second kappa shape index (κ2) is 9.90. The van der Waals surface area contributed by atoms with Crippen molar-refractivity contribution in [3.63, 3.8) is 0 Å². The summed E-state index contributed by atoms with van der Waals surface area (Å²) in [5.41, 5.74) is 0.971. The highest BCUT2D eigenvalue weighted by molar-refractivity contribution is 5.90. The van der Waals surface area contributed by atoms with E-state index in [1.807, 2.05) is 26.0 Å². The number of nitrogens with one attached hydrogen (secondary N) is 1. The Labute approximate surface area is 194 Å². The van der Waals surface area contributed by atoms with Gasteiger partial charge < -0.3 is 14.8 Å². The van der Waals surface area contributed by atoms with Crippen molar-refractivity contribution in [3.8, 4) is 11.6 Å². The molecule has 0 atom stereocenters. The molecule has 2 aromatic heterocycles. The van der Waals surface area contributed by atoms with Crippen LogP contribution in [0.1, 0.15) is 24.2 Å². The molecular formula is C24H21N5O5. The van der Waals surface area contributed by atoms with Crippen LogP contribution in [0.3, 0.4) is 0 Å². The molecule has 4 rings (SSSR count). The van der Waals surface area contributed by atoms with Gasteiger partial charge in [0.15, 0.2) is 5.75 Å². The van der Waals surface area contributed by atoms with Gasteiger partial charge in [0, 0.05) is 17.3 Å². The van der Waals surface area contributed by atoms with Gasteiger partial charge in [-0.05, 0) is 42.3 Å². The Morgan fingerprint density at radius 3 is 2.56 bits per heavy atom. The fraction of sp³-hybridized carbons (Fsp3) is 0.167. The van der Waals surface area contributed by atoms with Crippen molar-refractivity contribution in [1.29, 1.82) is 0 Å². The predicted octanol–water partition coefficient (Wildman–Crippen LogP) is 5.28. The highest BCUT2D eigenvalue weighted by Crippen LogP contribution is 2.37. The summed E-state index contributed by atoms with van der Waals surface area (Å²) in [7, 11) is 0. The number of benzene rings is 2. The zero-order valence-electron chi connectivity index (χ0n) is 18.5. The van der Waals surface area contributed by atoms with Crippen molar-refractivity contribution in [1.82, 2.24) is 15.0 Å². The summed E-state index contributed by atoms with van der Waals surface area (Å²) in [6, 6.07) is 15.3. The Kier molecular flexibility index (Phi) is 6.58. The van der Waals surface area contributed by atoms with E-state index in [0.29, 0.717) is 29.1 Å². The van der Waals surface area contributed by atoms with E-state index in [9.17, 15) is 14.9 Å². The first-order valence-electron chi connectivity index (χ1n) is 10.5. The van der Waals surface area contributed by atoms with Gasteiger partial charge in [0.25, 0.3) is 0 Å². The number of carbonyl (C=O) groups is 1. The van der Waals surface area contributed by atoms with Gasteiger partial charge in [-0.1, -0.05) is 32.0 Å². The lowest BCUT2D eigenvalue weighted by molar-refractivity contribution is -0.385. The monoisotopic (exact) mass is 459 g/mol. The maximum absolute atomic E-state index is 12.1. The van der Waals surface area contributed by atoms with E-state index in [1.165, 1.54) is 6.33 Å². The van der Waals surface area contributed by atoms with Crippen LogP contribution < -0.4 is 10.1 Å². The van der Waals surface area contributed by atoms with Gasteiger partial charge in [0.2, 0.25) is 5.82 Å². The maximum Gasteiger partial charge on any atom is 0.373 e. The highest BCUT2D eigenvalue weighted by Gasteiger charge is 2.26. The van der Waals surface area contributed by atoms with E-state index < -0.39 is 16.6 Å². The quantitative estimate of drug-likeness (QED) is 0.212. The molecule has 0 aliphatic rings. The molecule has 0 radical (unpaired) electrons. The number of hydrogen-bond acceptors (Lipinski definition) is 9. The van der Waals surface area contributed by atoms with Gasteiger partial charge in [-0.25, -0.2) is 9.78 Å². The predicted molar refractivity (Wildman–Crippen MR) is 125 cm³/mol. The van der Waals surface area contributed by atoms with E-state index in [0.717, 1.165) is 5.39 Å². The van der Waals surface area contributed by atoms with Gasteiger partial charge in [-0.15, -0.1) is 0 Å². The number of fused-ring (bicyclic) bond motifs is 1. The molecule has 0 saturated carbocycles. The van der Waals surface area contributed by atoms with Gasteiger partial charge >= 0.3 is 17.5 Å². The summed E-state index contributed by atoms with van der Waals surface area (Å²) >= 11 is 0. The van der Waals surface area contributed by atoms with Crippen molar-refractivity contribution in [2.24, 2.45) is 5.92 Å². The van der Waals surface area contributed by atoms with Crippen LogP contribution >= 0.6 is 0 Å². The number of esters is 1. The third kappa shape index (κ3) is 5.07. The summed E-state index contributed by atoms with van der Waals surface area (Å²) in [6.45, 7) is 4.22. The Morgan fingerprint density at radius 1 is 1.06 bits per heavy atom. The molecule has 0 unspecified atom stereocenters. The summed E-state index contributed by atoms with van der Waals surface area (Å²) < 4.78 is 11.0. The maximum atomic E-state index is 12.1. The van der Waals surface area contributed by atoms with Crippen LogP contribution in [0.2, 0.25) is 0 Å². The Balaban J connectivity index is 1.59. The number of nitro groups is 1. The first-order valence-corrected chi connectivity index (χ1v) is 10.5. The minimum Gasteiger partial charge on any atom is -0.462 e. The van der Waals surface area contributed by atoms with Gasteiger partial charge in [-0.3, -0.25) is 15.1 Å². The lowest BCUT2D eigenvalue weighted by Crippen LogP contribution is -2.10. The zero-order valence-corrected chi connectivity index (χ0v) is 18.5. The molecule has 0 fully saturated rings. The second-order valence-electron chi connectivity index (χ2n) is 7.76. The largest absolute Gasteiger partial charge is 0.462 e. The van der Waals surface area contributed by atoms with Crippen molar-refractivity contribution in [2.75, 3.05) is 11.9 Å². The van der Waals surface area contributed by atoms with Crippen LogP contribution in [-0.4, -0.2) is 32.5 Å². The third-order valence-electron chi connectivity index (χ3n) is 4.70. The van der Waals surface area contributed by atoms with E-state index >= 15 is 0 Å².